The van der Waals surface area contributed by atoms with Gasteiger partial charge in [0.2, 0.25) is 5.91 Å². The van der Waals surface area contributed by atoms with Gasteiger partial charge in [-0.1, -0.05) is 18.2 Å². The van der Waals surface area contributed by atoms with Gasteiger partial charge in [-0.15, -0.1) is 0 Å². The topological polar surface area (TPSA) is 59.0 Å². The number of nitrogens with zero attached hydrogens (tertiary/aromatic N) is 2. The van der Waals surface area contributed by atoms with E-state index in [-0.39, 0.29) is 11.9 Å². The first kappa shape index (κ1) is 13.3. The Hall–Kier alpha value is -2.14. The number of aromatic nitrogens is 2. The molecule has 2 rings (SSSR count). The Labute approximate surface area is 112 Å². The third-order valence-corrected chi connectivity index (χ3v) is 2.89. The van der Waals surface area contributed by atoms with Gasteiger partial charge in [0.15, 0.2) is 0 Å². The second-order valence-corrected chi connectivity index (χ2v) is 4.30. The number of carbonyl (C=O) groups excluding carboxylic acids is 1. The molecule has 1 amide bonds. The van der Waals surface area contributed by atoms with Gasteiger partial charge in [-0.25, -0.2) is 4.68 Å². The Morgan fingerprint density at radius 3 is 2.74 bits per heavy atom. The number of hydrogen-bond acceptors (Lipinski definition) is 3. The summed E-state index contributed by atoms with van der Waals surface area (Å²) in [6.07, 6.45) is 1.91. The van der Waals surface area contributed by atoms with Crippen LogP contribution in [0.1, 0.15) is 12.6 Å². The summed E-state index contributed by atoms with van der Waals surface area (Å²) in [7, 11) is 1.63. The number of para-hydroxylation sites is 1. The lowest BCUT2D eigenvalue weighted by Gasteiger charge is -2.10. The van der Waals surface area contributed by atoms with Crippen LogP contribution in [0.15, 0.2) is 42.6 Å². The van der Waals surface area contributed by atoms with Crippen molar-refractivity contribution in [1.82, 2.24) is 20.4 Å². The summed E-state index contributed by atoms with van der Waals surface area (Å²) in [6.45, 7) is 2.39. The Morgan fingerprint density at radius 2 is 2.05 bits per heavy atom. The van der Waals surface area contributed by atoms with Crippen molar-refractivity contribution in [2.45, 2.75) is 19.5 Å². The third-order valence-electron chi connectivity index (χ3n) is 2.89. The van der Waals surface area contributed by atoms with Gasteiger partial charge in [-0.3, -0.25) is 4.79 Å². The van der Waals surface area contributed by atoms with E-state index in [1.54, 1.807) is 7.05 Å². The van der Waals surface area contributed by atoms with E-state index >= 15 is 0 Å². The molecule has 2 N–H and O–H groups in total. The van der Waals surface area contributed by atoms with Crippen LogP contribution in [0.4, 0.5) is 0 Å². The molecule has 0 aliphatic carbocycles. The largest absolute Gasteiger partial charge is 0.358 e. The van der Waals surface area contributed by atoms with Crippen molar-refractivity contribution in [2.24, 2.45) is 0 Å². The number of likely N-dealkylation sites (N-methyl/N-ethyl adjacent to an activating group) is 1. The van der Waals surface area contributed by atoms with Crippen LogP contribution in [0.5, 0.6) is 0 Å². The minimum Gasteiger partial charge on any atom is -0.358 e. The zero-order chi connectivity index (χ0) is 13.7. The normalized spacial score (nSPS) is 12.1. The van der Waals surface area contributed by atoms with Crippen LogP contribution >= 0.6 is 0 Å². The fourth-order valence-electron chi connectivity index (χ4n) is 1.75. The fourth-order valence-corrected chi connectivity index (χ4v) is 1.75. The molecule has 1 atom stereocenters. The zero-order valence-corrected chi connectivity index (χ0v) is 11.1. The van der Waals surface area contributed by atoms with Crippen molar-refractivity contribution in [1.29, 1.82) is 0 Å². The lowest BCUT2D eigenvalue weighted by Crippen LogP contribution is -2.40. The van der Waals surface area contributed by atoms with E-state index < -0.39 is 0 Å². The van der Waals surface area contributed by atoms with Crippen molar-refractivity contribution in [3.8, 4) is 5.69 Å². The molecule has 1 aromatic carbocycles. The molecule has 0 aliphatic heterocycles. The highest BCUT2D eigenvalue weighted by molar-refractivity contribution is 5.80. The van der Waals surface area contributed by atoms with Crippen molar-refractivity contribution in [3.63, 3.8) is 0 Å². The molecule has 0 fully saturated rings. The maximum Gasteiger partial charge on any atom is 0.236 e. The Morgan fingerprint density at radius 1 is 1.32 bits per heavy atom. The predicted octanol–water partition coefficient (Wildman–Crippen LogP) is 1.10. The third kappa shape index (κ3) is 3.42. The van der Waals surface area contributed by atoms with Gasteiger partial charge in [0.05, 0.1) is 17.4 Å². The SMILES string of the molecule is CNC(=O)C(C)NCc1ccn(-c2ccccc2)n1. The Balaban J connectivity index is 1.97. The molecule has 0 radical (unpaired) electrons. The first-order chi connectivity index (χ1) is 9.20. The summed E-state index contributed by atoms with van der Waals surface area (Å²) in [5, 5.41) is 10.2. The lowest BCUT2D eigenvalue weighted by molar-refractivity contribution is -0.122. The summed E-state index contributed by atoms with van der Waals surface area (Å²) >= 11 is 0. The summed E-state index contributed by atoms with van der Waals surface area (Å²) in [5.41, 5.74) is 1.92. The number of carbonyl (C=O) groups is 1. The maximum atomic E-state index is 11.4. The molecule has 0 spiro atoms. The smallest absolute Gasteiger partial charge is 0.236 e. The quantitative estimate of drug-likeness (QED) is 0.844. The van der Waals surface area contributed by atoms with E-state index in [0.717, 1.165) is 11.4 Å². The molecule has 0 aliphatic rings. The Kier molecular flexibility index (Phi) is 4.30. The summed E-state index contributed by atoms with van der Waals surface area (Å²) in [6, 6.07) is 11.6. The number of benzene rings is 1. The van der Waals surface area contributed by atoms with Crippen molar-refractivity contribution in [2.75, 3.05) is 7.05 Å². The molecule has 19 heavy (non-hydrogen) atoms. The molecule has 5 heteroatoms. The number of hydrogen-bond donors (Lipinski definition) is 2. The zero-order valence-electron chi connectivity index (χ0n) is 11.1. The predicted molar refractivity (Wildman–Crippen MR) is 73.9 cm³/mol. The van der Waals surface area contributed by atoms with Crippen LogP contribution in [0, 0.1) is 0 Å². The maximum absolute atomic E-state index is 11.4. The average Bonchev–Trinajstić information content (AvgIpc) is 2.93. The van der Waals surface area contributed by atoms with E-state index in [1.807, 2.05) is 54.2 Å². The second kappa shape index (κ2) is 6.15. The van der Waals surface area contributed by atoms with E-state index in [9.17, 15) is 4.79 Å². The molecule has 0 saturated heterocycles. The van der Waals surface area contributed by atoms with E-state index in [1.165, 1.54) is 0 Å². The minimum atomic E-state index is -0.230. The van der Waals surface area contributed by atoms with E-state index in [4.69, 9.17) is 0 Å². The molecule has 1 aromatic heterocycles. The monoisotopic (exact) mass is 258 g/mol. The van der Waals surface area contributed by atoms with Gasteiger partial charge in [0, 0.05) is 19.8 Å². The van der Waals surface area contributed by atoms with Crippen LogP contribution in [-0.4, -0.2) is 28.8 Å². The highest BCUT2D eigenvalue weighted by Crippen LogP contribution is 2.06. The number of nitrogens with one attached hydrogen (secondary N) is 2. The highest BCUT2D eigenvalue weighted by atomic mass is 16.2. The molecule has 0 bridgehead atoms. The van der Waals surface area contributed by atoms with Gasteiger partial charge < -0.3 is 10.6 Å². The lowest BCUT2D eigenvalue weighted by atomic mass is 10.3. The molecule has 100 valence electrons. The average molecular weight is 258 g/mol. The van der Waals surface area contributed by atoms with Gasteiger partial charge >= 0.3 is 0 Å². The summed E-state index contributed by atoms with van der Waals surface area (Å²) < 4.78 is 1.82. The van der Waals surface area contributed by atoms with E-state index in [2.05, 4.69) is 15.7 Å². The van der Waals surface area contributed by atoms with Crippen LogP contribution in [0.2, 0.25) is 0 Å². The van der Waals surface area contributed by atoms with Crippen LogP contribution in [0.3, 0.4) is 0 Å². The highest BCUT2D eigenvalue weighted by Gasteiger charge is 2.10. The van der Waals surface area contributed by atoms with Gasteiger partial charge in [-0.2, -0.15) is 5.10 Å². The standard InChI is InChI=1S/C14H18N4O/c1-11(14(19)15-2)16-10-12-8-9-18(17-12)13-6-4-3-5-7-13/h3-9,11,16H,10H2,1-2H3,(H,15,19). The fraction of sp³-hybridized carbons (Fsp3) is 0.286. The van der Waals surface area contributed by atoms with Gasteiger partial charge in [0.1, 0.15) is 0 Å². The van der Waals surface area contributed by atoms with Crippen LogP contribution in [-0.2, 0) is 11.3 Å². The van der Waals surface area contributed by atoms with Crippen molar-refractivity contribution >= 4 is 5.91 Å². The Bertz CT molecular complexity index is 535. The number of rotatable bonds is 5. The van der Waals surface area contributed by atoms with Crippen molar-refractivity contribution < 1.29 is 4.79 Å². The molecule has 0 saturated carbocycles. The summed E-state index contributed by atoms with van der Waals surface area (Å²) in [4.78, 5) is 11.4. The minimum absolute atomic E-state index is 0.0255. The first-order valence-electron chi connectivity index (χ1n) is 6.25. The van der Waals surface area contributed by atoms with Crippen LogP contribution in [0.25, 0.3) is 5.69 Å². The molecular formula is C14H18N4O. The van der Waals surface area contributed by atoms with Gasteiger partial charge in [-0.05, 0) is 25.1 Å². The number of amides is 1. The molecule has 5 nitrogen and oxygen atoms in total. The van der Waals surface area contributed by atoms with Gasteiger partial charge in [0.25, 0.3) is 0 Å². The van der Waals surface area contributed by atoms with Crippen molar-refractivity contribution in [3.05, 3.63) is 48.3 Å². The first-order valence-corrected chi connectivity index (χ1v) is 6.25. The summed E-state index contributed by atoms with van der Waals surface area (Å²) in [5.74, 6) is -0.0255. The molecule has 1 unspecified atom stereocenters. The van der Waals surface area contributed by atoms with E-state index in [0.29, 0.717) is 6.54 Å². The molecule has 1 heterocycles. The second-order valence-electron chi connectivity index (χ2n) is 4.30. The molecular weight excluding hydrogens is 240 g/mol. The van der Waals surface area contributed by atoms with Crippen LogP contribution < -0.4 is 10.6 Å². The molecule has 2 aromatic rings.